The molecule has 0 spiro atoms. The summed E-state index contributed by atoms with van der Waals surface area (Å²) in [5.41, 5.74) is 0.952. The van der Waals surface area contributed by atoms with E-state index in [1.165, 1.54) is 23.9 Å². The van der Waals surface area contributed by atoms with Crippen molar-refractivity contribution in [2.45, 2.75) is 12.7 Å². The predicted molar refractivity (Wildman–Crippen MR) is 62.9 cm³/mol. The first-order valence-corrected chi connectivity index (χ1v) is 6.20. The van der Waals surface area contributed by atoms with Crippen molar-refractivity contribution in [1.29, 1.82) is 0 Å². The number of hydrogen-bond acceptors (Lipinski definition) is 5. The lowest BCUT2D eigenvalue weighted by molar-refractivity contribution is 0.0525. The van der Waals surface area contributed by atoms with Crippen LogP contribution in [0.25, 0.3) is 0 Å². The van der Waals surface area contributed by atoms with Crippen molar-refractivity contribution in [2.24, 2.45) is 0 Å². The quantitative estimate of drug-likeness (QED) is 0.625. The van der Waals surface area contributed by atoms with Crippen LogP contribution in [0.2, 0.25) is 0 Å². The molecule has 2 N–H and O–H groups in total. The first kappa shape index (κ1) is 12.7. The molecular weight excluding hydrogens is 228 g/mol. The van der Waals surface area contributed by atoms with Crippen molar-refractivity contribution < 1.29 is 19.7 Å². The van der Waals surface area contributed by atoms with Gasteiger partial charge in [0.2, 0.25) is 0 Å². The zero-order valence-electron chi connectivity index (χ0n) is 9.19. The van der Waals surface area contributed by atoms with E-state index >= 15 is 0 Å². The van der Waals surface area contributed by atoms with Crippen LogP contribution >= 0.6 is 11.8 Å². The van der Waals surface area contributed by atoms with Gasteiger partial charge < -0.3 is 14.9 Å². The number of phenols is 2. The van der Waals surface area contributed by atoms with Crippen LogP contribution in [0.15, 0.2) is 12.1 Å². The van der Waals surface area contributed by atoms with Gasteiger partial charge in [0.15, 0.2) is 11.5 Å². The largest absolute Gasteiger partial charge is 0.504 e. The van der Waals surface area contributed by atoms with Crippen LogP contribution in [0.1, 0.15) is 22.8 Å². The fraction of sp³-hybridized carbons (Fsp3) is 0.364. The molecule has 0 fully saturated rings. The Balaban J connectivity index is 3.13. The molecule has 4 nitrogen and oxygen atoms in total. The smallest absolute Gasteiger partial charge is 0.338 e. The fourth-order valence-corrected chi connectivity index (χ4v) is 1.84. The number of carbonyl (C=O) groups is 1. The standard InChI is InChI=1S/C11H14O4S/c1-3-15-11(14)8-5-10(13)9(12)4-7(8)6-16-2/h4-5,12-13H,3,6H2,1-2H3. The molecule has 88 valence electrons. The van der Waals surface area contributed by atoms with E-state index in [4.69, 9.17) is 4.74 Å². The van der Waals surface area contributed by atoms with Crippen molar-refractivity contribution in [1.82, 2.24) is 0 Å². The second kappa shape index (κ2) is 5.65. The summed E-state index contributed by atoms with van der Waals surface area (Å²) >= 11 is 1.52. The number of carbonyl (C=O) groups excluding carboxylic acids is 1. The molecule has 0 amide bonds. The lowest BCUT2D eigenvalue weighted by Crippen LogP contribution is -2.07. The van der Waals surface area contributed by atoms with Gasteiger partial charge in [-0.05, 0) is 30.9 Å². The van der Waals surface area contributed by atoms with Crippen LogP contribution in [0.3, 0.4) is 0 Å². The second-order valence-electron chi connectivity index (χ2n) is 3.15. The summed E-state index contributed by atoms with van der Waals surface area (Å²) in [5, 5.41) is 18.7. The molecule has 0 aromatic heterocycles. The van der Waals surface area contributed by atoms with Crippen molar-refractivity contribution >= 4 is 17.7 Å². The van der Waals surface area contributed by atoms with Crippen LogP contribution in [-0.4, -0.2) is 29.0 Å². The lowest BCUT2D eigenvalue weighted by Gasteiger charge is -2.09. The Labute approximate surface area is 98.2 Å². The first-order chi connectivity index (χ1) is 7.60. The molecular formula is C11H14O4S. The summed E-state index contributed by atoms with van der Waals surface area (Å²) < 4.78 is 4.87. The number of benzene rings is 1. The lowest BCUT2D eigenvalue weighted by atomic mass is 10.1. The molecule has 1 aromatic carbocycles. The van der Waals surface area contributed by atoms with Crippen LogP contribution in [0.5, 0.6) is 11.5 Å². The molecule has 0 aliphatic carbocycles. The maximum atomic E-state index is 11.6. The monoisotopic (exact) mass is 242 g/mol. The number of esters is 1. The number of aromatic hydroxyl groups is 2. The van der Waals surface area contributed by atoms with Gasteiger partial charge in [0.25, 0.3) is 0 Å². The van der Waals surface area contributed by atoms with E-state index in [0.717, 1.165) is 0 Å². The summed E-state index contributed by atoms with van der Waals surface area (Å²) in [6.07, 6.45) is 1.89. The van der Waals surface area contributed by atoms with E-state index in [2.05, 4.69) is 0 Å². The van der Waals surface area contributed by atoms with Crippen molar-refractivity contribution in [3.05, 3.63) is 23.3 Å². The third-order valence-electron chi connectivity index (χ3n) is 2.00. The molecule has 5 heteroatoms. The average Bonchev–Trinajstić information content (AvgIpc) is 2.23. The zero-order chi connectivity index (χ0) is 12.1. The summed E-state index contributed by atoms with van der Waals surface area (Å²) in [4.78, 5) is 11.6. The molecule has 0 unspecified atom stereocenters. The minimum Gasteiger partial charge on any atom is -0.504 e. The van der Waals surface area contributed by atoms with Gasteiger partial charge in [0, 0.05) is 5.75 Å². The summed E-state index contributed by atoms with van der Waals surface area (Å²) in [7, 11) is 0. The number of ether oxygens (including phenoxy) is 1. The Kier molecular flexibility index (Phi) is 4.49. The van der Waals surface area contributed by atoms with E-state index in [0.29, 0.717) is 16.9 Å². The molecule has 1 aromatic rings. The van der Waals surface area contributed by atoms with E-state index in [-0.39, 0.29) is 18.1 Å². The third-order valence-corrected chi connectivity index (χ3v) is 2.60. The number of hydrogen-bond donors (Lipinski definition) is 2. The van der Waals surface area contributed by atoms with Gasteiger partial charge in [-0.25, -0.2) is 4.79 Å². The van der Waals surface area contributed by atoms with Gasteiger partial charge >= 0.3 is 5.97 Å². The van der Waals surface area contributed by atoms with Crippen LogP contribution in [0, 0.1) is 0 Å². The highest BCUT2D eigenvalue weighted by Crippen LogP contribution is 2.30. The van der Waals surface area contributed by atoms with Crippen molar-refractivity contribution in [3.8, 4) is 11.5 Å². The highest BCUT2D eigenvalue weighted by Gasteiger charge is 2.15. The van der Waals surface area contributed by atoms with Gasteiger partial charge in [-0.15, -0.1) is 0 Å². The van der Waals surface area contributed by atoms with Gasteiger partial charge in [-0.1, -0.05) is 0 Å². The first-order valence-electron chi connectivity index (χ1n) is 4.81. The normalized spacial score (nSPS) is 10.1. The molecule has 1 rings (SSSR count). The highest BCUT2D eigenvalue weighted by atomic mass is 32.2. The fourth-order valence-electron chi connectivity index (χ4n) is 1.29. The summed E-state index contributed by atoms with van der Waals surface area (Å²) in [5.74, 6) is -0.450. The average molecular weight is 242 g/mol. The Morgan fingerprint density at radius 3 is 2.56 bits per heavy atom. The van der Waals surface area contributed by atoms with Gasteiger partial charge in [0.1, 0.15) is 0 Å². The maximum Gasteiger partial charge on any atom is 0.338 e. The molecule has 0 saturated heterocycles. The minimum atomic E-state index is -0.484. The van der Waals surface area contributed by atoms with E-state index in [9.17, 15) is 15.0 Å². The molecule has 0 aliphatic rings. The number of phenolic OH excluding ortho intramolecular Hbond substituents is 2. The number of rotatable bonds is 4. The van der Waals surface area contributed by atoms with Crippen LogP contribution in [0.4, 0.5) is 0 Å². The van der Waals surface area contributed by atoms with Crippen molar-refractivity contribution in [2.75, 3.05) is 12.9 Å². The van der Waals surface area contributed by atoms with E-state index in [1.54, 1.807) is 6.92 Å². The highest BCUT2D eigenvalue weighted by molar-refractivity contribution is 7.97. The topological polar surface area (TPSA) is 66.8 Å². The third kappa shape index (κ3) is 2.82. The number of thioether (sulfide) groups is 1. The molecule has 16 heavy (non-hydrogen) atoms. The zero-order valence-corrected chi connectivity index (χ0v) is 10.0. The Morgan fingerprint density at radius 1 is 1.38 bits per heavy atom. The predicted octanol–water partition coefficient (Wildman–Crippen LogP) is 2.14. The summed E-state index contributed by atoms with van der Waals surface area (Å²) in [6.45, 7) is 1.99. The van der Waals surface area contributed by atoms with E-state index < -0.39 is 5.97 Å². The SMILES string of the molecule is CCOC(=O)c1cc(O)c(O)cc1CSC. The van der Waals surface area contributed by atoms with Gasteiger partial charge in [-0.3, -0.25) is 0 Å². The Morgan fingerprint density at radius 2 is 2.00 bits per heavy atom. The van der Waals surface area contributed by atoms with Gasteiger partial charge in [0.05, 0.1) is 12.2 Å². The molecule has 0 aliphatic heterocycles. The minimum absolute atomic E-state index is 0.225. The second-order valence-corrected chi connectivity index (χ2v) is 4.02. The molecule has 0 atom stereocenters. The van der Waals surface area contributed by atoms with Crippen LogP contribution < -0.4 is 0 Å². The van der Waals surface area contributed by atoms with Gasteiger partial charge in [-0.2, -0.15) is 11.8 Å². The molecule has 0 saturated carbocycles. The summed E-state index contributed by atoms with van der Waals surface area (Å²) in [6, 6.07) is 2.62. The van der Waals surface area contributed by atoms with Crippen LogP contribution in [-0.2, 0) is 10.5 Å². The molecule has 0 radical (unpaired) electrons. The maximum absolute atomic E-state index is 11.6. The van der Waals surface area contributed by atoms with Crippen molar-refractivity contribution in [3.63, 3.8) is 0 Å². The molecule has 0 heterocycles. The van der Waals surface area contributed by atoms with E-state index in [1.807, 2.05) is 6.26 Å². The Bertz CT molecular complexity index is 390. The Hall–Kier alpha value is -1.36. The molecule has 0 bridgehead atoms.